The molecule has 0 aliphatic carbocycles. The van der Waals surface area contributed by atoms with E-state index in [1.165, 1.54) is 31.2 Å². The van der Waals surface area contributed by atoms with Crippen LogP contribution in [0, 0.1) is 0 Å². The summed E-state index contributed by atoms with van der Waals surface area (Å²) >= 11 is 1.50. The van der Waals surface area contributed by atoms with Crippen LogP contribution in [-0.4, -0.2) is 35.0 Å². The summed E-state index contributed by atoms with van der Waals surface area (Å²) in [5, 5.41) is 12.8. The van der Waals surface area contributed by atoms with Gasteiger partial charge in [0.1, 0.15) is 17.8 Å². The van der Waals surface area contributed by atoms with Crippen LogP contribution in [0.2, 0.25) is 0 Å². The van der Waals surface area contributed by atoms with E-state index in [2.05, 4.69) is 15.5 Å². The molecule has 2 aromatic heterocycles. The summed E-state index contributed by atoms with van der Waals surface area (Å²) in [7, 11) is 3.43. The Morgan fingerprint density at radius 3 is 3.00 bits per heavy atom. The van der Waals surface area contributed by atoms with E-state index in [-0.39, 0.29) is 23.6 Å². The summed E-state index contributed by atoms with van der Waals surface area (Å²) in [6.07, 6.45) is 3.64. The van der Waals surface area contributed by atoms with Crippen molar-refractivity contribution in [3.63, 3.8) is 0 Å². The zero-order valence-electron chi connectivity index (χ0n) is 13.7. The average Bonchev–Trinajstić information content (AvgIpc) is 2.94. The molecule has 7 nitrogen and oxygen atoms in total. The molecule has 1 unspecified atom stereocenters. The van der Waals surface area contributed by atoms with Crippen molar-refractivity contribution in [2.45, 2.75) is 29.7 Å². The topological polar surface area (TPSA) is 82.2 Å². The number of rotatable bonds is 5. The Labute approximate surface area is 150 Å². The van der Waals surface area contributed by atoms with E-state index in [0.717, 1.165) is 36.9 Å². The van der Waals surface area contributed by atoms with Crippen LogP contribution in [0.3, 0.4) is 0 Å². The number of aromatic nitrogens is 3. The zero-order chi connectivity index (χ0) is 16.2. The second-order valence-corrected chi connectivity index (χ2v) is 6.45. The summed E-state index contributed by atoms with van der Waals surface area (Å²) in [6.45, 7) is 2.02. The van der Waals surface area contributed by atoms with Gasteiger partial charge in [0.2, 0.25) is 11.2 Å². The van der Waals surface area contributed by atoms with Crippen LogP contribution in [0.5, 0.6) is 5.75 Å². The molecular formula is C15H21ClN4O3S. The lowest BCUT2D eigenvalue weighted by Crippen LogP contribution is -2.29. The molecular weight excluding hydrogens is 352 g/mol. The molecule has 3 heterocycles. The number of piperidine rings is 1. The third-order valence-corrected chi connectivity index (χ3v) is 4.99. The molecule has 0 amide bonds. The molecule has 9 heteroatoms. The van der Waals surface area contributed by atoms with Gasteiger partial charge in [-0.3, -0.25) is 4.79 Å². The molecule has 1 fully saturated rings. The third-order valence-electron chi connectivity index (χ3n) is 3.95. The highest BCUT2D eigenvalue weighted by atomic mass is 35.5. The number of thioether (sulfide) groups is 1. The van der Waals surface area contributed by atoms with E-state index in [1.54, 1.807) is 0 Å². The quantitative estimate of drug-likeness (QED) is 0.803. The summed E-state index contributed by atoms with van der Waals surface area (Å²) in [5.41, 5.74) is -0.179. The second kappa shape index (κ2) is 8.55. The summed E-state index contributed by atoms with van der Waals surface area (Å²) in [5.74, 6) is 2.74. The maximum atomic E-state index is 11.7. The van der Waals surface area contributed by atoms with Crippen molar-refractivity contribution in [1.82, 2.24) is 20.1 Å². The van der Waals surface area contributed by atoms with Gasteiger partial charge in [-0.2, -0.15) is 0 Å². The van der Waals surface area contributed by atoms with Gasteiger partial charge in [-0.1, -0.05) is 11.8 Å². The Morgan fingerprint density at radius 1 is 1.50 bits per heavy atom. The molecule has 0 radical (unpaired) electrons. The van der Waals surface area contributed by atoms with E-state index < -0.39 is 0 Å². The highest BCUT2D eigenvalue weighted by Gasteiger charge is 2.21. The van der Waals surface area contributed by atoms with Gasteiger partial charge in [0.15, 0.2) is 5.16 Å². The molecule has 0 aromatic carbocycles. The van der Waals surface area contributed by atoms with Crippen molar-refractivity contribution in [2.24, 2.45) is 7.05 Å². The fraction of sp³-hybridized carbons (Fsp3) is 0.533. The first-order valence-electron chi connectivity index (χ1n) is 7.57. The highest BCUT2D eigenvalue weighted by Crippen LogP contribution is 2.26. The van der Waals surface area contributed by atoms with Gasteiger partial charge in [0.25, 0.3) is 0 Å². The highest BCUT2D eigenvalue weighted by molar-refractivity contribution is 7.98. The van der Waals surface area contributed by atoms with E-state index in [4.69, 9.17) is 9.15 Å². The summed E-state index contributed by atoms with van der Waals surface area (Å²) < 4.78 is 12.3. The molecule has 1 aliphatic rings. The number of hydrogen-bond donors (Lipinski definition) is 1. The fourth-order valence-corrected chi connectivity index (χ4v) is 3.49. The zero-order valence-corrected chi connectivity index (χ0v) is 15.3. The van der Waals surface area contributed by atoms with Crippen molar-refractivity contribution in [1.29, 1.82) is 0 Å². The predicted molar refractivity (Wildman–Crippen MR) is 94.2 cm³/mol. The normalized spacial score (nSPS) is 17.3. The van der Waals surface area contributed by atoms with Crippen LogP contribution in [0.15, 0.2) is 26.7 Å². The maximum Gasteiger partial charge on any atom is 0.227 e. The first-order valence-corrected chi connectivity index (χ1v) is 8.56. The standard InChI is InChI=1S/C15H20N4O3S.ClH/c1-19-14(10-4-3-5-16-7-10)17-18-15(19)23-9-11-6-12(20)13(21-2)8-22-11;/h6,8,10,16H,3-5,7,9H2,1-2H3;1H. The van der Waals surface area contributed by atoms with Crippen LogP contribution >= 0.6 is 24.2 Å². The monoisotopic (exact) mass is 372 g/mol. The number of nitrogens with zero attached hydrogens (tertiary/aromatic N) is 3. The van der Waals surface area contributed by atoms with Crippen LogP contribution in [0.4, 0.5) is 0 Å². The van der Waals surface area contributed by atoms with Crippen LogP contribution in [-0.2, 0) is 12.8 Å². The molecule has 1 aliphatic heterocycles. The van der Waals surface area contributed by atoms with Gasteiger partial charge in [-0.25, -0.2) is 0 Å². The lowest BCUT2D eigenvalue weighted by Gasteiger charge is -2.21. The minimum Gasteiger partial charge on any atom is -0.490 e. The first-order chi connectivity index (χ1) is 11.2. The van der Waals surface area contributed by atoms with Gasteiger partial charge in [0, 0.05) is 25.6 Å². The number of halogens is 1. The molecule has 1 saturated heterocycles. The number of ether oxygens (including phenoxy) is 1. The van der Waals surface area contributed by atoms with Gasteiger partial charge < -0.3 is 19.0 Å². The van der Waals surface area contributed by atoms with E-state index >= 15 is 0 Å². The minimum atomic E-state index is -0.179. The van der Waals surface area contributed by atoms with Crippen molar-refractivity contribution in [3.05, 3.63) is 34.1 Å². The lowest BCUT2D eigenvalue weighted by molar-refractivity contribution is 0.381. The fourth-order valence-electron chi connectivity index (χ4n) is 2.68. The van der Waals surface area contributed by atoms with E-state index in [0.29, 0.717) is 17.4 Å². The average molecular weight is 373 g/mol. The Balaban J connectivity index is 0.00000208. The molecule has 2 aromatic rings. The molecule has 1 atom stereocenters. The summed E-state index contributed by atoms with van der Waals surface area (Å²) in [4.78, 5) is 11.7. The van der Waals surface area contributed by atoms with Crippen LogP contribution in [0.1, 0.15) is 30.3 Å². The number of nitrogens with one attached hydrogen (secondary N) is 1. The van der Waals surface area contributed by atoms with Crippen molar-refractivity contribution < 1.29 is 9.15 Å². The molecule has 0 spiro atoms. The molecule has 132 valence electrons. The Bertz CT molecular complexity index is 728. The van der Waals surface area contributed by atoms with E-state index in [1.807, 2.05) is 11.6 Å². The van der Waals surface area contributed by atoms with Gasteiger partial charge in [-0.15, -0.1) is 22.6 Å². The summed E-state index contributed by atoms with van der Waals surface area (Å²) in [6, 6.07) is 1.45. The van der Waals surface area contributed by atoms with Crippen molar-refractivity contribution >= 4 is 24.2 Å². The number of methoxy groups -OCH3 is 1. The van der Waals surface area contributed by atoms with Gasteiger partial charge >= 0.3 is 0 Å². The molecule has 0 saturated carbocycles. The van der Waals surface area contributed by atoms with Gasteiger partial charge in [0.05, 0.1) is 12.9 Å². The Hall–Kier alpha value is -1.51. The van der Waals surface area contributed by atoms with Crippen molar-refractivity contribution in [2.75, 3.05) is 20.2 Å². The molecule has 1 N–H and O–H groups in total. The first kappa shape index (κ1) is 18.8. The second-order valence-electron chi connectivity index (χ2n) is 5.51. The predicted octanol–water partition coefficient (Wildman–Crippen LogP) is 1.96. The maximum absolute atomic E-state index is 11.7. The molecule has 3 rings (SSSR count). The van der Waals surface area contributed by atoms with Gasteiger partial charge in [-0.05, 0) is 19.4 Å². The Kier molecular flexibility index (Phi) is 6.70. The van der Waals surface area contributed by atoms with E-state index in [9.17, 15) is 4.79 Å². The Morgan fingerprint density at radius 2 is 2.33 bits per heavy atom. The van der Waals surface area contributed by atoms with Crippen molar-refractivity contribution in [3.8, 4) is 5.75 Å². The van der Waals surface area contributed by atoms with Crippen LogP contribution in [0.25, 0.3) is 0 Å². The lowest BCUT2D eigenvalue weighted by atomic mass is 9.99. The smallest absolute Gasteiger partial charge is 0.227 e. The molecule has 0 bridgehead atoms. The third kappa shape index (κ3) is 4.12. The SMILES string of the molecule is COc1coc(CSc2nnc(C3CCCNC3)n2C)cc1=O.Cl. The van der Waals surface area contributed by atoms with Crippen LogP contribution < -0.4 is 15.5 Å². The minimum absolute atomic E-state index is 0. The number of hydrogen-bond acceptors (Lipinski definition) is 7. The largest absolute Gasteiger partial charge is 0.490 e. The molecule has 24 heavy (non-hydrogen) atoms.